The number of aromatic nitrogens is 2. The molecule has 0 saturated heterocycles. The van der Waals surface area contributed by atoms with Crippen LogP contribution in [0.1, 0.15) is 0 Å². The van der Waals surface area contributed by atoms with Crippen molar-refractivity contribution in [2.45, 2.75) is 0 Å². The van der Waals surface area contributed by atoms with Gasteiger partial charge in [-0.25, -0.2) is 0 Å². The highest BCUT2D eigenvalue weighted by atomic mass is 79.9. The van der Waals surface area contributed by atoms with Gasteiger partial charge in [-0.05, 0) is 52.3 Å². The van der Waals surface area contributed by atoms with Crippen molar-refractivity contribution in [2.24, 2.45) is 0 Å². The summed E-state index contributed by atoms with van der Waals surface area (Å²) in [6.45, 7) is -0.203. The van der Waals surface area contributed by atoms with E-state index in [1.54, 1.807) is 36.4 Å². The highest BCUT2D eigenvalue weighted by Crippen LogP contribution is 2.24. The zero-order chi connectivity index (χ0) is 16.2. The summed E-state index contributed by atoms with van der Waals surface area (Å²) in [6.07, 6.45) is 0. The molecule has 0 unspecified atom stereocenters. The summed E-state index contributed by atoms with van der Waals surface area (Å²) in [6, 6.07) is 9.97. The van der Waals surface area contributed by atoms with E-state index in [4.69, 9.17) is 25.2 Å². The van der Waals surface area contributed by atoms with Gasteiger partial charge < -0.3 is 13.6 Å². The number of rotatable bonds is 5. The Morgan fingerprint density at radius 1 is 1.17 bits per heavy atom. The fourth-order valence-corrected chi connectivity index (χ4v) is 2.07. The van der Waals surface area contributed by atoms with E-state index in [1.165, 1.54) is 0 Å². The standard InChI is InChI=1S/C14H9BrClN3O4/c15-11-6-5-10(22-11)13-18-19-14(23-13)17-12(20)7-21-9-3-1-8(16)2-4-9/h1-6H,7H2,(H,17,19,20). The average Bonchev–Trinajstić information content (AvgIpc) is 3.16. The quantitative estimate of drug-likeness (QED) is 0.704. The van der Waals surface area contributed by atoms with E-state index in [1.807, 2.05) is 0 Å². The minimum Gasteiger partial charge on any atom is -0.484 e. The number of hydrogen-bond donors (Lipinski definition) is 1. The largest absolute Gasteiger partial charge is 0.484 e. The van der Waals surface area contributed by atoms with Crippen LogP contribution in [-0.2, 0) is 4.79 Å². The molecule has 1 aromatic carbocycles. The first-order valence-corrected chi connectivity index (χ1v) is 7.55. The predicted molar refractivity (Wildman–Crippen MR) is 85.3 cm³/mol. The van der Waals surface area contributed by atoms with Crippen LogP contribution in [-0.4, -0.2) is 22.7 Å². The van der Waals surface area contributed by atoms with Gasteiger partial charge in [-0.2, -0.15) is 0 Å². The summed E-state index contributed by atoms with van der Waals surface area (Å²) < 4.78 is 16.4. The Morgan fingerprint density at radius 2 is 1.96 bits per heavy atom. The van der Waals surface area contributed by atoms with Crippen LogP contribution in [0.25, 0.3) is 11.7 Å². The van der Waals surface area contributed by atoms with Gasteiger partial charge in [0.05, 0.1) is 0 Å². The zero-order valence-corrected chi connectivity index (χ0v) is 13.8. The van der Waals surface area contributed by atoms with Crippen molar-refractivity contribution in [2.75, 3.05) is 11.9 Å². The molecular weight excluding hydrogens is 390 g/mol. The first-order chi connectivity index (χ1) is 11.1. The second kappa shape index (κ2) is 6.84. The Morgan fingerprint density at radius 3 is 2.65 bits per heavy atom. The molecule has 0 atom stereocenters. The van der Waals surface area contributed by atoms with E-state index in [-0.39, 0.29) is 18.5 Å². The van der Waals surface area contributed by atoms with Gasteiger partial charge in [0, 0.05) is 5.02 Å². The number of anilines is 1. The number of halogens is 2. The van der Waals surface area contributed by atoms with Crippen molar-refractivity contribution in [3.8, 4) is 17.4 Å². The maximum atomic E-state index is 11.8. The number of hydrogen-bond acceptors (Lipinski definition) is 6. The molecule has 7 nitrogen and oxygen atoms in total. The Balaban J connectivity index is 1.56. The first kappa shape index (κ1) is 15.6. The molecule has 0 spiro atoms. The SMILES string of the molecule is O=C(COc1ccc(Cl)cc1)Nc1nnc(-c2ccc(Br)o2)o1. The van der Waals surface area contributed by atoms with Crippen molar-refractivity contribution in [3.05, 3.63) is 46.1 Å². The lowest BCUT2D eigenvalue weighted by Gasteiger charge is -2.04. The van der Waals surface area contributed by atoms with Crippen LogP contribution >= 0.6 is 27.5 Å². The highest BCUT2D eigenvalue weighted by Gasteiger charge is 2.14. The van der Waals surface area contributed by atoms with E-state index in [2.05, 4.69) is 31.4 Å². The van der Waals surface area contributed by atoms with Gasteiger partial charge in [0.2, 0.25) is 0 Å². The molecular formula is C14H9BrClN3O4. The van der Waals surface area contributed by atoms with Gasteiger partial charge in [0.25, 0.3) is 11.8 Å². The number of nitrogens with zero attached hydrogens (tertiary/aromatic N) is 2. The van der Waals surface area contributed by atoms with Gasteiger partial charge in [-0.1, -0.05) is 16.7 Å². The van der Waals surface area contributed by atoms with Crippen LogP contribution in [0, 0.1) is 0 Å². The van der Waals surface area contributed by atoms with Crippen LogP contribution in [0.3, 0.4) is 0 Å². The molecule has 0 aliphatic rings. The van der Waals surface area contributed by atoms with E-state index < -0.39 is 5.91 Å². The third-order valence-electron chi connectivity index (χ3n) is 2.64. The molecule has 0 saturated carbocycles. The van der Waals surface area contributed by atoms with Crippen LogP contribution < -0.4 is 10.1 Å². The second-order valence-electron chi connectivity index (χ2n) is 4.31. The van der Waals surface area contributed by atoms with Gasteiger partial charge >= 0.3 is 6.01 Å². The van der Waals surface area contributed by atoms with E-state index in [0.717, 1.165) is 0 Å². The predicted octanol–water partition coefficient (Wildman–Crippen LogP) is 3.76. The smallest absolute Gasteiger partial charge is 0.322 e. The molecule has 118 valence electrons. The molecule has 0 aliphatic heterocycles. The van der Waals surface area contributed by atoms with Crippen LogP contribution in [0.4, 0.5) is 6.01 Å². The minimum absolute atomic E-state index is 0.0442. The number of carbonyl (C=O) groups is 1. The molecule has 23 heavy (non-hydrogen) atoms. The highest BCUT2D eigenvalue weighted by molar-refractivity contribution is 9.10. The number of furan rings is 1. The molecule has 0 fully saturated rings. The monoisotopic (exact) mass is 397 g/mol. The molecule has 2 aromatic heterocycles. The molecule has 3 aromatic rings. The maximum Gasteiger partial charge on any atom is 0.322 e. The summed E-state index contributed by atoms with van der Waals surface area (Å²) in [5.41, 5.74) is 0. The second-order valence-corrected chi connectivity index (χ2v) is 5.52. The fraction of sp³-hybridized carbons (Fsp3) is 0.0714. The maximum absolute atomic E-state index is 11.8. The van der Waals surface area contributed by atoms with Crippen molar-refractivity contribution < 1.29 is 18.4 Å². The molecule has 3 rings (SSSR count). The van der Waals surface area contributed by atoms with E-state index in [9.17, 15) is 4.79 Å². The molecule has 0 bridgehead atoms. The molecule has 1 N–H and O–H groups in total. The van der Waals surface area contributed by atoms with E-state index >= 15 is 0 Å². The normalized spacial score (nSPS) is 10.5. The summed E-state index contributed by atoms with van der Waals surface area (Å²) >= 11 is 8.94. The third-order valence-corrected chi connectivity index (χ3v) is 3.32. The van der Waals surface area contributed by atoms with Gasteiger partial charge in [0.1, 0.15) is 5.75 Å². The Labute approximate surface area is 143 Å². The summed E-state index contributed by atoms with van der Waals surface area (Å²) in [5.74, 6) is 0.638. The lowest BCUT2D eigenvalue weighted by Crippen LogP contribution is -2.20. The van der Waals surface area contributed by atoms with Crippen molar-refractivity contribution in [1.29, 1.82) is 0 Å². The number of benzene rings is 1. The number of ether oxygens (including phenoxy) is 1. The minimum atomic E-state index is -0.434. The van der Waals surface area contributed by atoms with Gasteiger partial charge in [-0.3, -0.25) is 10.1 Å². The van der Waals surface area contributed by atoms with Crippen LogP contribution in [0.2, 0.25) is 5.02 Å². The summed E-state index contributed by atoms with van der Waals surface area (Å²) in [5, 5.41) is 10.5. The molecule has 2 heterocycles. The molecule has 1 amide bonds. The Kier molecular flexibility index (Phi) is 4.63. The molecule has 9 heteroatoms. The zero-order valence-electron chi connectivity index (χ0n) is 11.5. The number of nitrogens with one attached hydrogen (secondary N) is 1. The van der Waals surface area contributed by atoms with Crippen molar-refractivity contribution in [1.82, 2.24) is 10.2 Å². The lowest BCUT2D eigenvalue weighted by atomic mass is 10.3. The van der Waals surface area contributed by atoms with Crippen molar-refractivity contribution in [3.63, 3.8) is 0 Å². The topological polar surface area (TPSA) is 90.4 Å². The summed E-state index contributed by atoms with van der Waals surface area (Å²) in [7, 11) is 0. The van der Waals surface area contributed by atoms with E-state index in [0.29, 0.717) is 21.2 Å². The Hall–Kier alpha value is -2.32. The molecule has 0 radical (unpaired) electrons. The van der Waals surface area contributed by atoms with Gasteiger partial charge in [-0.15, -0.1) is 5.10 Å². The number of carbonyl (C=O) groups excluding carboxylic acids is 1. The number of amides is 1. The molecule has 0 aliphatic carbocycles. The lowest BCUT2D eigenvalue weighted by molar-refractivity contribution is -0.118. The average molecular weight is 399 g/mol. The summed E-state index contributed by atoms with van der Waals surface area (Å²) in [4.78, 5) is 11.8. The van der Waals surface area contributed by atoms with Crippen LogP contribution in [0.5, 0.6) is 5.75 Å². The first-order valence-electron chi connectivity index (χ1n) is 6.37. The van der Waals surface area contributed by atoms with Gasteiger partial charge in [0.15, 0.2) is 17.0 Å². The fourth-order valence-electron chi connectivity index (χ4n) is 1.64. The van der Waals surface area contributed by atoms with Crippen LogP contribution in [0.15, 0.2) is 49.9 Å². The third kappa shape index (κ3) is 4.11. The van der Waals surface area contributed by atoms with Crippen molar-refractivity contribution >= 4 is 39.5 Å². The Bertz CT molecular complexity index is 816.